The van der Waals surface area contributed by atoms with Crippen LogP contribution in [0.3, 0.4) is 0 Å². The van der Waals surface area contributed by atoms with E-state index < -0.39 is 0 Å². The molecule has 0 spiro atoms. The summed E-state index contributed by atoms with van der Waals surface area (Å²) in [4.78, 5) is 13.7. The number of hydrogen-bond donors (Lipinski definition) is 0. The van der Waals surface area contributed by atoms with E-state index in [1.54, 1.807) is 22.9 Å². The van der Waals surface area contributed by atoms with E-state index in [1.165, 1.54) is 16.0 Å². The Hall–Kier alpha value is -1.69. The Morgan fingerprint density at radius 3 is 2.95 bits per heavy atom. The molecule has 0 amide bonds. The second kappa shape index (κ2) is 6.60. The molecule has 0 aromatic carbocycles. The zero-order valence-electron chi connectivity index (χ0n) is 11.8. The van der Waals surface area contributed by atoms with E-state index in [2.05, 4.69) is 5.10 Å². The molecule has 0 unspecified atom stereocenters. The molecule has 22 heavy (non-hydrogen) atoms. The largest absolute Gasteiger partial charge is 0.279 e. The molecule has 3 heterocycles. The highest BCUT2D eigenvalue weighted by Crippen LogP contribution is 2.28. The van der Waals surface area contributed by atoms with Gasteiger partial charge >= 0.3 is 0 Å². The Labute approximate surface area is 141 Å². The molecule has 112 valence electrons. The van der Waals surface area contributed by atoms with Crippen molar-refractivity contribution in [3.8, 4) is 0 Å². The van der Waals surface area contributed by atoms with Gasteiger partial charge in [0.1, 0.15) is 0 Å². The second-order valence-electron chi connectivity index (χ2n) is 4.59. The van der Waals surface area contributed by atoms with Crippen molar-refractivity contribution < 1.29 is 4.79 Å². The van der Waals surface area contributed by atoms with Crippen LogP contribution in [0.15, 0.2) is 35.2 Å². The van der Waals surface area contributed by atoms with Gasteiger partial charge in [-0.2, -0.15) is 5.10 Å². The molecule has 0 radical (unpaired) electrons. The molecule has 3 rings (SSSR count). The average molecular weight is 349 g/mol. The maximum atomic E-state index is 12.5. The molecule has 0 bridgehead atoms. The first-order chi connectivity index (χ1) is 10.7. The van der Waals surface area contributed by atoms with E-state index in [0.717, 1.165) is 22.6 Å². The zero-order chi connectivity index (χ0) is 15.5. The molecule has 0 aliphatic rings. The van der Waals surface area contributed by atoms with Crippen LogP contribution >= 0.6 is 34.3 Å². The lowest BCUT2D eigenvalue weighted by Crippen LogP contribution is -2.13. The number of rotatable bonds is 4. The molecule has 0 saturated heterocycles. The van der Waals surface area contributed by atoms with Crippen molar-refractivity contribution in [2.24, 2.45) is 0 Å². The lowest BCUT2D eigenvalue weighted by Gasteiger charge is -2.01. The van der Waals surface area contributed by atoms with Crippen LogP contribution in [-0.2, 0) is 6.42 Å². The summed E-state index contributed by atoms with van der Waals surface area (Å²) in [7, 11) is 0. The number of aromatic nitrogens is 2. The average Bonchev–Trinajstić information content (AvgIpc) is 3.25. The van der Waals surface area contributed by atoms with E-state index in [9.17, 15) is 4.79 Å². The highest BCUT2D eigenvalue weighted by molar-refractivity contribution is 7.14. The summed E-state index contributed by atoms with van der Waals surface area (Å²) in [5.74, 6) is -0.143. The standard InChI is InChI=1S/C16H13ClN2OS2/c1-2-13-14(10-22-15(13)17)16(20)19-8-7-11(18-19)5-6-12-4-3-9-21-12/h3-10H,2H2,1H3. The van der Waals surface area contributed by atoms with Crippen LogP contribution in [0.5, 0.6) is 0 Å². The van der Waals surface area contributed by atoms with Crippen LogP contribution in [0.1, 0.15) is 33.4 Å². The van der Waals surface area contributed by atoms with Crippen LogP contribution in [0.25, 0.3) is 12.2 Å². The molecule has 0 N–H and O–H groups in total. The summed E-state index contributed by atoms with van der Waals surface area (Å²) in [6.07, 6.45) is 6.30. The number of hydrogen-bond acceptors (Lipinski definition) is 4. The molecule has 0 saturated carbocycles. The van der Waals surface area contributed by atoms with Crippen molar-refractivity contribution in [3.63, 3.8) is 0 Å². The fourth-order valence-electron chi connectivity index (χ4n) is 2.08. The molecule has 0 aliphatic heterocycles. The number of carbonyl (C=O) groups is 1. The topological polar surface area (TPSA) is 34.9 Å². The van der Waals surface area contributed by atoms with E-state index >= 15 is 0 Å². The minimum Gasteiger partial charge on any atom is -0.267 e. The number of carbonyl (C=O) groups excluding carboxylic acids is 1. The fourth-order valence-corrected chi connectivity index (χ4v) is 3.93. The van der Waals surface area contributed by atoms with Crippen LogP contribution in [-0.4, -0.2) is 15.7 Å². The predicted molar refractivity (Wildman–Crippen MR) is 93.9 cm³/mol. The van der Waals surface area contributed by atoms with Crippen LogP contribution in [0.2, 0.25) is 4.34 Å². The summed E-state index contributed by atoms with van der Waals surface area (Å²) < 4.78 is 2.04. The third kappa shape index (κ3) is 3.06. The first-order valence-electron chi connectivity index (χ1n) is 6.77. The third-order valence-electron chi connectivity index (χ3n) is 3.21. The highest BCUT2D eigenvalue weighted by atomic mass is 35.5. The molecule has 3 nitrogen and oxygen atoms in total. The van der Waals surface area contributed by atoms with Gasteiger partial charge in [-0.15, -0.1) is 22.7 Å². The molecule has 0 atom stereocenters. The molecule has 0 fully saturated rings. The second-order valence-corrected chi connectivity index (χ2v) is 7.06. The predicted octanol–water partition coefficient (Wildman–Crippen LogP) is 5.08. The van der Waals surface area contributed by atoms with Gasteiger partial charge in [0, 0.05) is 16.5 Å². The van der Waals surface area contributed by atoms with E-state index in [4.69, 9.17) is 11.6 Å². The van der Waals surface area contributed by atoms with Gasteiger partial charge in [0.2, 0.25) is 0 Å². The highest BCUT2D eigenvalue weighted by Gasteiger charge is 2.17. The Balaban J connectivity index is 1.82. The molecular weight excluding hydrogens is 336 g/mol. The van der Waals surface area contributed by atoms with Gasteiger partial charge < -0.3 is 0 Å². The van der Waals surface area contributed by atoms with Crippen LogP contribution in [0.4, 0.5) is 0 Å². The van der Waals surface area contributed by atoms with Gasteiger partial charge in [-0.05, 0) is 41.6 Å². The number of thiophene rings is 2. The van der Waals surface area contributed by atoms with Crippen molar-refractivity contribution in [1.29, 1.82) is 0 Å². The summed E-state index contributed by atoms with van der Waals surface area (Å²) in [6.45, 7) is 1.99. The minimum absolute atomic E-state index is 0.143. The Morgan fingerprint density at radius 2 is 2.23 bits per heavy atom. The minimum atomic E-state index is -0.143. The maximum absolute atomic E-state index is 12.5. The summed E-state index contributed by atoms with van der Waals surface area (Å²) in [5.41, 5.74) is 2.28. The molecule has 6 heteroatoms. The third-order valence-corrected chi connectivity index (χ3v) is 5.35. The quantitative estimate of drug-likeness (QED) is 0.659. The number of halogens is 1. The van der Waals surface area contributed by atoms with Crippen molar-refractivity contribution >= 4 is 52.3 Å². The zero-order valence-corrected chi connectivity index (χ0v) is 14.2. The van der Waals surface area contributed by atoms with Gasteiger partial charge in [-0.1, -0.05) is 24.6 Å². The Morgan fingerprint density at radius 1 is 1.36 bits per heavy atom. The van der Waals surface area contributed by atoms with Gasteiger partial charge in [-0.25, -0.2) is 4.68 Å². The van der Waals surface area contributed by atoms with Gasteiger partial charge in [0.25, 0.3) is 5.91 Å². The van der Waals surface area contributed by atoms with Gasteiger partial charge in [-0.3, -0.25) is 4.79 Å². The van der Waals surface area contributed by atoms with E-state index in [1.807, 2.05) is 42.7 Å². The summed E-state index contributed by atoms with van der Waals surface area (Å²) in [5, 5.41) is 8.14. The van der Waals surface area contributed by atoms with E-state index in [0.29, 0.717) is 9.90 Å². The monoisotopic (exact) mass is 348 g/mol. The van der Waals surface area contributed by atoms with Crippen molar-refractivity contribution in [2.75, 3.05) is 0 Å². The first kappa shape index (κ1) is 15.2. The SMILES string of the molecule is CCc1c(C(=O)n2ccc(C=Cc3cccs3)n2)csc1Cl. The maximum Gasteiger partial charge on any atom is 0.279 e. The lowest BCUT2D eigenvalue weighted by atomic mass is 10.1. The summed E-state index contributed by atoms with van der Waals surface area (Å²) >= 11 is 9.16. The Kier molecular flexibility index (Phi) is 4.57. The van der Waals surface area contributed by atoms with Crippen LogP contribution < -0.4 is 0 Å². The molecule has 3 aromatic rings. The fraction of sp³-hybridized carbons (Fsp3) is 0.125. The van der Waals surface area contributed by atoms with Crippen LogP contribution in [0, 0.1) is 0 Å². The first-order valence-corrected chi connectivity index (χ1v) is 8.90. The van der Waals surface area contributed by atoms with Crippen molar-refractivity contribution in [1.82, 2.24) is 9.78 Å². The van der Waals surface area contributed by atoms with Crippen molar-refractivity contribution in [2.45, 2.75) is 13.3 Å². The number of nitrogens with zero attached hydrogens (tertiary/aromatic N) is 2. The Bertz CT molecular complexity index is 815. The summed E-state index contributed by atoms with van der Waals surface area (Å²) in [6, 6.07) is 5.85. The van der Waals surface area contributed by atoms with Crippen molar-refractivity contribution in [3.05, 3.63) is 61.2 Å². The molecular formula is C16H13ClN2OS2. The normalized spacial score (nSPS) is 11.4. The van der Waals surface area contributed by atoms with E-state index in [-0.39, 0.29) is 5.91 Å². The lowest BCUT2D eigenvalue weighted by molar-refractivity contribution is 0.0944. The smallest absolute Gasteiger partial charge is 0.267 e. The molecule has 3 aromatic heterocycles. The van der Waals surface area contributed by atoms with Gasteiger partial charge in [0.15, 0.2) is 0 Å². The van der Waals surface area contributed by atoms with Gasteiger partial charge in [0.05, 0.1) is 15.6 Å². The molecule has 0 aliphatic carbocycles.